The molecule has 2 fully saturated rings. The highest BCUT2D eigenvalue weighted by molar-refractivity contribution is 7.99. The van der Waals surface area contributed by atoms with Gasteiger partial charge in [0.25, 0.3) is 0 Å². The first kappa shape index (κ1) is 6.91. The first-order chi connectivity index (χ1) is 4.88. The van der Waals surface area contributed by atoms with Crippen molar-refractivity contribution in [2.75, 3.05) is 24.7 Å². The minimum atomic E-state index is 0.306. The second kappa shape index (κ2) is 2.70. The molecular formula is C6H13N3S. The van der Waals surface area contributed by atoms with E-state index in [1.807, 2.05) is 11.8 Å². The van der Waals surface area contributed by atoms with Crippen LogP contribution < -0.4 is 5.73 Å². The number of hydrogen-bond donors (Lipinski definition) is 1. The van der Waals surface area contributed by atoms with Crippen LogP contribution in [0.4, 0.5) is 0 Å². The van der Waals surface area contributed by atoms with E-state index in [9.17, 15) is 0 Å². The monoisotopic (exact) mass is 159 g/mol. The number of hydrogen-bond acceptors (Lipinski definition) is 4. The smallest absolute Gasteiger partial charge is 0.0723 e. The Morgan fingerprint density at radius 3 is 3.10 bits per heavy atom. The zero-order valence-corrected chi connectivity index (χ0v) is 6.81. The van der Waals surface area contributed by atoms with Gasteiger partial charge in [0.2, 0.25) is 0 Å². The largest absolute Gasteiger partial charge is 0.315 e. The highest BCUT2D eigenvalue weighted by Crippen LogP contribution is 2.22. The molecule has 0 aromatic rings. The van der Waals surface area contributed by atoms with E-state index in [1.165, 1.54) is 5.75 Å². The van der Waals surface area contributed by atoms with E-state index in [2.05, 4.69) is 10.0 Å². The van der Waals surface area contributed by atoms with Crippen molar-refractivity contribution in [3.05, 3.63) is 0 Å². The van der Waals surface area contributed by atoms with Crippen LogP contribution in [0.5, 0.6) is 0 Å². The molecule has 0 saturated carbocycles. The quantitative estimate of drug-likeness (QED) is 0.535. The van der Waals surface area contributed by atoms with Gasteiger partial charge in [-0.25, -0.2) is 10.0 Å². The molecule has 1 atom stereocenters. The van der Waals surface area contributed by atoms with Crippen molar-refractivity contribution < 1.29 is 0 Å². The molecule has 2 heterocycles. The third-order valence-electron chi connectivity index (χ3n) is 2.13. The van der Waals surface area contributed by atoms with Gasteiger partial charge in [-0.15, -0.1) is 11.8 Å². The molecule has 0 radical (unpaired) electrons. The number of thioether (sulfide) groups is 1. The Morgan fingerprint density at radius 2 is 2.30 bits per heavy atom. The average Bonchev–Trinajstić information content (AvgIpc) is 2.34. The van der Waals surface area contributed by atoms with Crippen LogP contribution in [0.25, 0.3) is 0 Å². The van der Waals surface area contributed by atoms with E-state index in [0.29, 0.717) is 6.17 Å². The lowest BCUT2D eigenvalue weighted by atomic mass is 10.4. The summed E-state index contributed by atoms with van der Waals surface area (Å²) in [6.45, 7) is 2.31. The van der Waals surface area contributed by atoms with E-state index in [-0.39, 0.29) is 0 Å². The van der Waals surface area contributed by atoms with Crippen LogP contribution in [0.15, 0.2) is 0 Å². The number of nitrogens with zero attached hydrogens (tertiary/aromatic N) is 2. The molecule has 2 aliphatic rings. The Balaban J connectivity index is 2.01. The van der Waals surface area contributed by atoms with Crippen LogP contribution in [0, 0.1) is 0 Å². The molecule has 2 rings (SSSR count). The van der Waals surface area contributed by atoms with Crippen molar-refractivity contribution in [2.45, 2.75) is 12.6 Å². The van der Waals surface area contributed by atoms with Gasteiger partial charge in [-0.3, -0.25) is 0 Å². The number of nitrogens with two attached hydrogens (primary N) is 1. The lowest BCUT2D eigenvalue weighted by Gasteiger charge is -2.34. The van der Waals surface area contributed by atoms with Gasteiger partial charge >= 0.3 is 0 Å². The summed E-state index contributed by atoms with van der Waals surface area (Å²) in [4.78, 5) is 0. The van der Waals surface area contributed by atoms with Crippen molar-refractivity contribution >= 4 is 11.8 Å². The number of fused-ring (bicyclic) bond motifs is 1. The fraction of sp³-hybridized carbons (Fsp3) is 1.00. The van der Waals surface area contributed by atoms with Crippen LogP contribution >= 0.6 is 11.8 Å². The molecule has 0 spiro atoms. The van der Waals surface area contributed by atoms with Crippen molar-refractivity contribution in [1.82, 2.24) is 10.0 Å². The summed E-state index contributed by atoms with van der Waals surface area (Å²) in [7, 11) is 0. The predicted octanol–water partition coefficient (Wildman–Crippen LogP) is -0.102. The highest BCUT2D eigenvalue weighted by Gasteiger charge is 2.30. The van der Waals surface area contributed by atoms with E-state index >= 15 is 0 Å². The fourth-order valence-corrected chi connectivity index (χ4v) is 2.48. The fourth-order valence-electron chi connectivity index (χ4n) is 1.54. The third kappa shape index (κ3) is 1.05. The average molecular weight is 159 g/mol. The zero-order valence-electron chi connectivity index (χ0n) is 5.99. The molecule has 3 nitrogen and oxygen atoms in total. The molecule has 1 unspecified atom stereocenters. The van der Waals surface area contributed by atoms with Crippen molar-refractivity contribution in [3.63, 3.8) is 0 Å². The maximum Gasteiger partial charge on any atom is 0.0723 e. The van der Waals surface area contributed by atoms with E-state index in [4.69, 9.17) is 5.73 Å². The summed E-state index contributed by atoms with van der Waals surface area (Å²) < 4.78 is 0. The van der Waals surface area contributed by atoms with E-state index < -0.39 is 0 Å². The molecule has 2 saturated heterocycles. The van der Waals surface area contributed by atoms with Gasteiger partial charge in [0.05, 0.1) is 12.0 Å². The molecule has 0 aromatic heterocycles. The summed E-state index contributed by atoms with van der Waals surface area (Å²) in [5.74, 6) is 2.39. The van der Waals surface area contributed by atoms with Crippen LogP contribution in [-0.2, 0) is 0 Å². The molecule has 2 aliphatic heterocycles. The second-order valence-electron chi connectivity index (χ2n) is 2.79. The van der Waals surface area contributed by atoms with Crippen molar-refractivity contribution in [1.29, 1.82) is 0 Å². The molecule has 2 N–H and O–H groups in total. The Bertz CT molecular complexity index is 128. The molecule has 10 heavy (non-hydrogen) atoms. The first-order valence-corrected chi connectivity index (χ1v) is 4.88. The Hall–Kier alpha value is 0.230. The lowest BCUT2D eigenvalue weighted by Crippen LogP contribution is -2.48. The van der Waals surface area contributed by atoms with Gasteiger partial charge in [-0.05, 0) is 6.42 Å². The SMILES string of the molecule is NC1CCN2CSCCN12. The molecule has 4 heteroatoms. The Labute approximate surface area is 65.5 Å². The summed E-state index contributed by atoms with van der Waals surface area (Å²) in [6.07, 6.45) is 1.45. The molecular weight excluding hydrogens is 146 g/mol. The topological polar surface area (TPSA) is 32.5 Å². The minimum absolute atomic E-state index is 0.306. The lowest BCUT2D eigenvalue weighted by molar-refractivity contribution is 0.0184. The van der Waals surface area contributed by atoms with Gasteiger partial charge < -0.3 is 5.73 Å². The summed E-state index contributed by atoms with van der Waals surface area (Å²) in [6, 6.07) is 0. The molecule has 0 amide bonds. The van der Waals surface area contributed by atoms with Crippen LogP contribution in [0.3, 0.4) is 0 Å². The normalized spacial score (nSPS) is 36.3. The first-order valence-electron chi connectivity index (χ1n) is 3.73. The maximum absolute atomic E-state index is 5.86. The van der Waals surface area contributed by atoms with Gasteiger partial charge in [0.1, 0.15) is 0 Å². The molecule has 0 aromatic carbocycles. The number of rotatable bonds is 0. The van der Waals surface area contributed by atoms with Gasteiger partial charge in [-0.2, -0.15) is 0 Å². The third-order valence-corrected chi connectivity index (χ3v) is 3.09. The standard InChI is InChI=1S/C6H13N3S/c7-6-1-2-8-5-10-4-3-9(6)8/h6H,1-5,7H2. The summed E-state index contributed by atoms with van der Waals surface area (Å²) in [5, 5.41) is 4.66. The second-order valence-corrected chi connectivity index (χ2v) is 3.86. The molecule has 0 bridgehead atoms. The van der Waals surface area contributed by atoms with E-state index in [0.717, 1.165) is 25.4 Å². The Kier molecular flexibility index (Phi) is 1.86. The van der Waals surface area contributed by atoms with E-state index in [1.54, 1.807) is 0 Å². The van der Waals surface area contributed by atoms with Crippen LogP contribution in [-0.4, -0.2) is 40.9 Å². The zero-order chi connectivity index (χ0) is 6.97. The maximum atomic E-state index is 5.86. The molecule has 0 aliphatic carbocycles. The predicted molar refractivity (Wildman–Crippen MR) is 43.3 cm³/mol. The Morgan fingerprint density at radius 1 is 1.40 bits per heavy atom. The molecule has 58 valence electrons. The van der Waals surface area contributed by atoms with Crippen LogP contribution in [0.2, 0.25) is 0 Å². The summed E-state index contributed by atoms with van der Waals surface area (Å²) in [5.41, 5.74) is 5.86. The van der Waals surface area contributed by atoms with Crippen molar-refractivity contribution in [3.8, 4) is 0 Å². The minimum Gasteiger partial charge on any atom is -0.315 e. The van der Waals surface area contributed by atoms with Gasteiger partial charge in [0.15, 0.2) is 0 Å². The van der Waals surface area contributed by atoms with Crippen LogP contribution in [0.1, 0.15) is 6.42 Å². The van der Waals surface area contributed by atoms with Gasteiger partial charge in [-0.1, -0.05) is 0 Å². The summed E-state index contributed by atoms with van der Waals surface area (Å²) >= 11 is 2.00. The van der Waals surface area contributed by atoms with Gasteiger partial charge in [0, 0.05) is 18.8 Å². The van der Waals surface area contributed by atoms with Crippen molar-refractivity contribution in [2.24, 2.45) is 5.73 Å². The highest BCUT2D eigenvalue weighted by atomic mass is 32.2. The number of hydrazine groups is 1.